The van der Waals surface area contributed by atoms with Gasteiger partial charge in [0.25, 0.3) is 0 Å². The molecular formula is C13H17KO5. The van der Waals surface area contributed by atoms with Crippen LogP contribution in [0.1, 0.15) is 31.1 Å². The minimum Gasteiger partial charge on any atom is -0.545 e. The average Bonchev–Trinajstić information content (AvgIpc) is 2.33. The van der Waals surface area contributed by atoms with Gasteiger partial charge in [0.2, 0.25) is 5.75 Å². The van der Waals surface area contributed by atoms with E-state index in [0.29, 0.717) is 37.1 Å². The zero-order valence-electron chi connectivity index (χ0n) is 11.8. The molecule has 1 aromatic carbocycles. The number of benzene rings is 1. The van der Waals surface area contributed by atoms with E-state index in [0.717, 1.165) is 0 Å². The summed E-state index contributed by atoms with van der Waals surface area (Å²) in [6.45, 7) is 6.69. The minimum atomic E-state index is -1.28. The van der Waals surface area contributed by atoms with Crippen LogP contribution in [0.3, 0.4) is 0 Å². The van der Waals surface area contributed by atoms with Crippen molar-refractivity contribution in [2.45, 2.75) is 20.8 Å². The van der Waals surface area contributed by atoms with Crippen LogP contribution in [-0.2, 0) is 0 Å². The quantitative estimate of drug-likeness (QED) is 0.558. The molecule has 0 N–H and O–H groups in total. The largest absolute Gasteiger partial charge is 1.00 e. The van der Waals surface area contributed by atoms with Crippen LogP contribution in [-0.4, -0.2) is 25.8 Å². The standard InChI is InChI=1S/C13H18O5.K/c1-4-16-10-7-9(13(14)15)8-11(17-5-2)12(10)18-6-3;/h7-8H,4-6H2,1-3H3,(H,14,15);/q;+1/p-1. The van der Waals surface area contributed by atoms with Crippen LogP contribution in [0.4, 0.5) is 0 Å². The molecule has 0 saturated carbocycles. The van der Waals surface area contributed by atoms with Gasteiger partial charge in [-0.3, -0.25) is 0 Å². The van der Waals surface area contributed by atoms with Gasteiger partial charge in [-0.05, 0) is 32.9 Å². The molecule has 19 heavy (non-hydrogen) atoms. The van der Waals surface area contributed by atoms with Gasteiger partial charge in [-0.2, -0.15) is 0 Å². The van der Waals surface area contributed by atoms with E-state index in [-0.39, 0.29) is 56.9 Å². The van der Waals surface area contributed by atoms with Crippen LogP contribution in [0.15, 0.2) is 12.1 Å². The molecular weight excluding hydrogens is 275 g/mol. The first kappa shape index (κ1) is 18.7. The van der Waals surface area contributed by atoms with E-state index < -0.39 is 5.97 Å². The first-order valence-electron chi connectivity index (χ1n) is 5.91. The summed E-state index contributed by atoms with van der Waals surface area (Å²) in [5.41, 5.74) is 0.00496. The molecule has 0 heterocycles. The van der Waals surface area contributed by atoms with Crippen molar-refractivity contribution in [1.29, 1.82) is 0 Å². The van der Waals surface area contributed by atoms with Gasteiger partial charge >= 0.3 is 51.4 Å². The Labute approximate surface area is 155 Å². The van der Waals surface area contributed by atoms with E-state index in [1.54, 1.807) is 0 Å². The first-order chi connectivity index (χ1) is 8.63. The predicted molar refractivity (Wildman–Crippen MR) is 64.3 cm³/mol. The molecule has 5 nitrogen and oxygen atoms in total. The Hall–Kier alpha value is -0.274. The van der Waals surface area contributed by atoms with E-state index in [2.05, 4.69) is 0 Å². The summed E-state index contributed by atoms with van der Waals surface area (Å²) in [4.78, 5) is 10.9. The molecule has 0 spiro atoms. The Morgan fingerprint density at radius 1 is 1.00 bits per heavy atom. The van der Waals surface area contributed by atoms with Gasteiger partial charge in [0.15, 0.2) is 11.5 Å². The van der Waals surface area contributed by atoms with Crippen LogP contribution in [0, 0.1) is 0 Å². The van der Waals surface area contributed by atoms with Gasteiger partial charge in [-0.15, -0.1) is 0 Å². The van der Waals surface area contributed by atoms with Crippen molar-refractivity contribution in [3.8, 4) is 17.2 Å². The summed E-state index contributed by atoms with van der Waals surface area (Å²) in [6.07, 6.45) is 0. The Bertz CT molecular complexity index is 392. The minimum absolute atomic E-state index is 0. The van der Waals surface area contributed by atoms with Crippen molar-refractivity contribution in [2.75, 3.05) is 19.8 Å². The monoisotopic (exact) mass is 292 g/mol. The van der Waals surface area contributed by atoms with Crippen LogP contribution < -0.4 is 70.7 Å². The van der Waals surface area contributed by atoms with Crippen molar-refractivity contribution in [1.82, 2.24) is 0 Å². The maximum absolute atomic E-state index is 10.9. The van der Waals surface area contributed by atoms with Gasteiger partial charge in [0.05, 0.1) is 25.8 Å². The van der Waals surface area contributed by atoms with Crippen LogP contribution >= 0.6 is 0 Å². The molecule has 0 saturated heterocycles. The molecule has 0 aromatic heterocycles. The molecule has 1 rings (SSSR count). The Morgan fingerprint density at radius 3 is 1.74 bits per heavy atom. The summed E-state index contributed by atoms with van der Waals surface area (Å²) in [5.74, 6) is -0.153. The number of hydrogen-bond donors (Lipinski definition) is 0. The third-order valence-electron chi connectivity index (χ3n) is 2.14. The second kappa shape index (κ2) is 9.60. The molecule has 100 valence electrons. The van der Waals surface area contributed by atoms with Crippen LogP contribution in [0.25, 0.3) is 0 Å². The van der Waals surface area contributed by atoms with E-state index in [1.807, 2.05) is 20.8 Å². The SMILES string of the molecule is CCOc1cc(C(=O)[O-])cc(OCC)c1OCC.[K+]. The fraction of sp³-hybridized carbons (Fsp3) is 0.462. The summed E-state index contributed by atoms with van der Waals surface area (Å²) in [7, 11) is 0. The number of aromatic carboxylic acids is 1. The maximum atomic E-state index is 10.9. The van der Waals surface area contributed by atoms with Gasteiger partial charge in [0.1, 0.15) is 0 Å². The second-order valence-electron chi connectivity index (χ2n) is 3.39. The molecule has 0 fully saturated rings. The number of carboxylic acid groups (broad SMARTS) is 1. The fourth-order valence-electron chi connectivity index (χ4n) is 1.51. The Kier molecular flexibility index (Phi) is 9.46. The van der Waals surface area contributed by atoms with E-state index >= 15 is 0 Å². The molecule has 0 radical (unpaired) electrons. The van der Waals surface area contributed by atoms with Gasteiger partial charge in [0, 0.05) is 5.56 Å². The first-order valence-corrected chi connectivity index (χ1v) is 5.91. The zero-order valence-corrected chi connectivity index (χ0v) is 14.9. The third kappa shape index (κ3) is 5.31. The molecule has 0 aliphatic carbocycles. The second-order valence-corrected chi connectivity index (χ2v) is 3.39. The van der Waals surface area contributed by atoms with Crippen molar-refractivity contribution < 1.29 is 75.5 Å². The van der Waals surface area contributed by atoms with E-state index in [4.69, 9.17) is 14.2 Å². The summed E-state index contributed by atoms with van der Waals surface area (Å²) < 4.78 is 16.2. The van der Waals surface area contributed by atoms with Crippen molar-refractivity contribution >= 4 is 5.97 Å². The number of rotatable bonds is 7. The molecule has 0 aliphatic heterocycles. The summed E-state index contributed by atoms with van der Waals surface area (Å²) in [6, 6.07) is 2.76. The van der Waals surface area contributed by atoms with E-state index in [9.17, 15) is 9.90 Å². The molecule has 0 aliphatic rings. The third-order valence-corrected chi connectivity index (χ3v) is 2.14. The molecule has 1 aromatic rings. The summed E-state index contributed by atoms with van der Waals surface area (Å²) >= 11 is 0. The van der Waals surface area contributed by atoms with Gasteiger partial charge in [-0.1, -0.05) is 0 Å². The Balaban J connectivity index is 0.00000324. The molecule has 0 amide bonds. The number of carbonyl (C=O) groups is 1. The van der Waals surface area contributed by atoms with Crippen LogP contribution in [0.2, 0.25) is 0 Å². The normalized spacial score (nSPS) is 9.42. The van der Waals surface area contributed by atoms with Gasteiger partial charge in [-0.25, -0.2) is 0 Å². The number of carboxylic acids is 1. The predicted octanol–water partition coefficient (Wildman–Crippen LogP) is -1.75. The average molecular weight is 292 g/mol. The Morgan fingerprint density at radius 2 is 1.42 bits per heavy atom. The van der Waals surface area contributed by atoms with Gasteiger partial charge < -0.3 is 24.1 Å². The topological polar surface area (TPSA) is 67.8 Å². The number of ether oxygens (including phenoxy) is 3. The molecule has 0 bridgehead atoms. The molecule has 0 atom stereocenters. The van der Waals surface area contributed by atoms with Crippen LogP contribution in [0.5, 0.6) is 17.2 Å². The zero-order chi connectivity index (χ0) is 13.5. The van der Waals surface area contributed by atoms with E-state index in [1.165, 1.54) is 12.1 Å². The van der Waals surface area contributed by atoms with Crippen molar-refractivity contribution in [3.05, 3.63) is 17.7 Å². The summed E-state index contributed by atoms with van der Waals surface area (Å²) in [5, 5.41) is 10.9. The molecule has 0 unspecified atom stereocenters. The van der Waals surface area contributed by atoms with Crippen molar-refractivity contribution in [2.24, 2.45) is 0 Å². The number of carbonyl (C=O) groups excluding carboxylic acids is 1. The molecule has 6 heteroatoms. The maximum Gasteiger partial charge on any atom is 1.00 e. The fourth-order valence-corrected chi connectivity index (χ4v) is 1.51. The smallest absolute Gasteiger partial charge is 0.545 e. The number of hydrogen-bond acceptors (Lipinski definition) is 5. The van der Waals surface area contributed by atoms with Crippen molar-refractivity contribution in [3.63, 3.8) is 0 Å².